The third-order valence-corrected chi connectivity index (χ3v) is 6.35. The second-order valence-corrected chi connectivity index (χ2v) is 9.12. The molecule has 0 radical (unpaired) electrons. The maximum Gasteiger partial charge on any atom is 0.311 e. The zero-order chi connectivity index (χ0) is 24.2. The minimum Gasteiger partial charge on any atom is -0.508 e. The Bertz CT molecular complexity index is 907. The number of fused-ring (bicyclic) bond motifs is 1. The van der Waals surface area contributed by atoms with E-state index in [0.717, 1.165) is 36.8 Å². The van der Waals surface area contributed by atoms with Crippen molar-refractivity contribution in [1.29, 1.82) is 0 Å². The van der Waals surface area contributed by atoms with Gasteiger partial charge in [-0.25, -0.2) is 0 Å². The molecule has 0 aromatic heterocycles. The zero-order valence-electron chi connectivity index (χ0n) is 20.8. The van der Waals surface area contributed by atoms with E-state index in [1.807, 2.05) is 25.1 Å². The Morgan fingerprint density at radius 3 is 2.44 bits per heavy atom. The molecule has 0 amide bonds. The van der Waals surface area contributed by atoms with Gasteiger partial charge in [0.1, 0.15) is 29.1 Å². The molecule has 5 heteroatoms. The predicted molar refractivity (Wildman–Crippen MR) is 135 cm³/mol. The van der Waals surface area contributed by atoms with E-state index in [9.17, 15) is 9.90 Å². The van der Waals surface area contributed by atoms with Crippen LogP contribution in [0.3, 0.4) is 0 Å². The van der Waals surface area contributed by atoms with Crippen LogP contribution in [-0.4, -0.2) is 17.7 Å². The number of aryl methyl sites for hydroxylation is 1. The molecule has 1 N–H and O–H groups in total. The highest BCUT2D eigenvalue weighted by Gasteiger charge is 2.26. The Balaban J connectivity index is 1.55. The zero-order valence-corrected chi connectivity index (χ0v) is 20.8. The van der Waals surface area contributed by atoms with Crippen LogP contribution >= 0.6 is 0 Å². The standard InChI is InChI=1S/C29H40O5/c1-3-5-6-7-8-9-10-11-12-13-29(31)34-28-21-24(32-4-2)17-18-25(28)26-19-15-22-14-16-23(30)20-27(22)33-26/h14,16-18,20-21,26,30H,3-13,15,19H2,1-2H3. The number of phenolic OH excluding ortho intramolecular Hbond substituents is 1. The molecule has 1 unspecified atom stereocenters. The van der Waals surface area contributed by atoms with Gasteiger partial charge in [-0.1, -0.05) is 64.4 Å². The molecule has 1 aliphatic rings. The molecule has 0 aliphatic carbocycles. The van der Waals surface area contributed by atoms with Gasteiger partial charge in [-0.2, -0.15) is 0 Å². The van der Waals surface area contributed by atoms with Crippen molar-refractivity contribution in [2.45, 2.75) is 97.0 Å². The SMILES string of the molecule is CCCCCCCCCCCC(=O)Oc1cc(OCC)ccc1C1CCc2ccc(O)cc2O1. The fourth-order valence-electron chi connectivity index (χ4n) is 4.46. The number of carbonyl (C=O) groups excluding carboxylic acids is 1. The van der Waals surface area contributed by atoms with Gasteiger partial charge in [0.25, 0.3) is 0 Å². The van der Waals surface area contributed by atoms with Crippen LogP contribution in [0.4, 0.5) is 0 Å². The van der Waals surface area contributed by atoms with E-state index in [4.69, 9.17) is 14.2 Å². The highest BCUT2D eigenvalue weighted by Crippen LogP contribution is 2.40. The van der Waals surface area contributed by atoms with E-state index in [0.29, 0.717) is 30.3 Å². The molecule has 2 aromatic carbocycles. The lowest BCUT2D eigenvalue weighted by atomic mass is 9.96. The molecule has 186 valence electrons. The molecule has 0 saturated heterocycles. The van der Waals surface area contributed by atoms with Crippen molar-refractivity contribution in [1.82, 2.24) is 0 Å². The molecule has 3 rings (SSSR count). The number of hydrogen-bond acceptors (Lipinski definition) is 5. The number of esters is 1. The summed E-state index contributed by atoms with van der Waals surface area (Å²) in [5.41, 5.74) is 1.90. The smallest absolute Gasteiger partial charge is 0.311 e. The Kier molecular flexibility index (Phi) is 10.6. The van der Waals surface area contributed by atoms with Gasteiger partial charge in [-0.3, -0.25) is 4.79 Å². The van der Waals surface area contributed by atoms with Gasteiger partial charge in [0, 0.05) is 24.1 Å². The molecule has 1 atom stereocenters. The Morgan fingerprint density at radius 2 is 1.71 bits per heavy atom. The summed E-state index contributed by atoms with van der Waals surface area (Å²) in [4.78, 5) is 12.6. The maximum absolute atomic E-state index is 12.6. The summed E-state index contributed by atoms with van der Waals surface area (Å²) in [5.74, 6) is 1.81. The number of unbranched alkanes of at least 4 members (excludes halogenated alkanes) is 8. The molecule has 2 aromatic rings. The van der Waals surface area contributed by atoms with Crippen LogP contribution in [0.15, 0.2) is 36.4 Å². The number of rotatable bonds is 14. The van der Waals surface area contributed by atoms with Gasteiger partial charge in [0.05, 0.1) is 6.61 Å². The summed E-state index contributed by atoms with van der Waals surface area (Å²) in [6.45, 7) is 4.71. The normalized spacial score (nSPS) is 14.8. The second-order valence-electron chi connectivity index (χ2n) is 9.12. The molecule has 0 saturated carbocycles. The van der Waals surface area contributed by atoms with Crippen molar-refractivity contribution < 1.29 is 24.1 Å². The minimum atomic E-state index is -0.250. The number of carbonyl (C=O) groups is 1. The van der Waals surface area contributed by atoms with Gasteiger partial charge in [0.15, 0.2) is 0 Å². The van der Waals surface area contributed by atoms with Crippen molar-refractivity contribution in [3.05, 3.63) is 47.5 Å². The van der Waals surface area contributed by atoms with E-state index >= 15 is 0 Å². The van der Waals surface area contributed by atoms with E-state index in [-0.39, 0.29) is 17.8 Å². The first-order chi connectivity index (χ1) is 16.6. The Labute approximate surface area is 204 Å². The van der Waals surface area contributed by atoms with Crippen molar-refractivity contribution in [2.24, 2.45) is 0 Å². The molecule has 5 nitrogen and oxygen atoms in total. The summed E-state index contributed by atoms with van der Waals surface area (Å²) in [6, 6.07) is 10.8. The molecule has 0 spiro atoms. The molecular weight excluding hydrogens is 428 g/mol. The summed E-state index contributed by atoms with van der Waals surface area (Å²) in [7, 11) is 0. The molecule has 0 bridgehead atoms. The number of hydrogen-bond donors (Lipinski definition) is 1. The average molecular weight is 469 g/mol. The topological polar surface area (TPSA) is 65.0 Å². The molecule has 0 fully saturated rings. The Morgan fingerprint density at radius 1 is 0.971 bits per heavy atom. The minimum absolute atomic E-state index is 0.179. The van der Waals surface area contributed by atoms with E-state index in [2.05, 4.69) is 6.92 Å². The van der Waals surface area contributed by atoms with Gasteiger partial charge in [-0.05, 0) is 49.9 Å². The molecule has 34 heavy (non-hydrogen) atoms. The van der Waals surface area contributed by atoms with E-state index in [1.165, 1.54) is 44.9 Å². The first-order valence-electron chi connectivity index (χ1n) is 13.1. The summed E-state index contributed by atoms with van der Waals surface area (Å²) in [6.07, 6.45) is 12.7. The number of ether oxygens (including phenoxy) is 3. The number of phenols is 1. The maximum atomic E-state index is 12.6. The highest BCUT2D eigenvalue weighted by atomic mass is 16.5. The first-order valence-corrected chi connectivity index (χ1v) is 13.1. The first kappa shape index (κ1) is 25.9. The summed E-state index contributed by atoms with van der Waals surface area (Å²) in [5, 5.41) is 9.83. The molecule has 1 aliphatic heterocycles. The molecule has 1 heterocycles. The van der Waals surface area contributed by atoms with Crippen LogP contribution in [-0.2, 0) is 11.2 Å². The molecular formula is C29H40O5. The lowest BCUT2D eigenvalue weighted by Crippen LogP contribution is -2.17. The Hall–Kier alpha value is -2.69. The number of aromatic hydroxyl groups is 1. The van der Waals surface area contributed by atoms with Crippen LogP contribution < -0.4 is 14.2 Å². The summed E-state index contributed by atoms with van der Waals surface area (Å²) >= 11 is 0. The largest absolute Gasteiger partial charge is 0.508 e. The number of benzene rings is 2. The van der Waals surface area contributed by atoms with Gasteiger partial charge in [0.2, 0.25) is 0 Å². The second kappa shape index (κ2) is 13.9. The average Bonchev–Trinajstić information content (AvgIpc) is 2.83. The van der Waals surface area contributed by atoms with Crippen LogP contribution in [0.25, 0.3) is 0 Å². The van der Waals surface area contributed by atoms with Gasteiger partial charge in [-0.15, -0.1) is 0 Å². The van der Waals surface area contributed by atoms with Gasteiger partial charge >= 0.3 is 5.97 Å². The van der Waals surface area contributed by atoms with Crippen LogP contribution in [0.2, 0.25) is 0 Å². The fourth-order valence-corrected chi connectivity index (χ4v) is 4.46. The van der Waals surface area contributed by atoms with Crippen LogP contribution in [0, 0.1) is 0 Å². The third kappa shape index (κ3) is 7.96. The van der Waals surface area contributed by atoms with Crippen LogP contribution in [0.5, 0.6) is 23.0 Å². The van der Waals surface area contributed by atoms with Crippen LogP contribution in [0.1, 0.15) is 102 Å². The van der Waals surface area contributed by atoms with Crippen molar-refractivity contribution in [3.8, 4) is 23.0 Å². The van der Waals surface area contributed by atoms with Crippen molar-refractivity contribution in [2.75, 3.05) is 6.61 Å². The quantitative estimate of drug-likeness (QED) is 0.175. The highest BCUT2D eigenvalue weighted by molar-refractivity contribution is 5.73. The van der Waals surface area contributed by atoms with Crippen molar-refractivity contribution >= 4 is 5.97 Å². The predicted octanol–water partition coefficient (Wildman–Crippen LogP) is 7.68. The summed E-state index contributed by atoms with van der Waals surface area (Å²) < 4.78 is 17.6. The monoisotopic (exact) mass is 468 g/mol. The fraction of sp³-hybridized carbons (Fsp3) is 0.552. The van der Waals surface area contributed by atoms with E-state index < -0.39 is 0 Å². The van der Waals surface area contributed by atoms with Gasteiger partial charge < -0.3 is 19.3 Å². The third-order valence-electron chi connectivity index (χ3n) is 6.35. The van der Waals surface area contributed by atoms with Crippen molar-refractivity contribution in [3.63, 3.8) is 0 Å². The van der Waals surface area contributed by atoms with E-state index in [1.54, 1.807) is 18.2 Å². The lowest BCUT2D eigenvalue weighted by molar-refractivity contribution is -0.134. The lowest BCUT2D eigenvalue weighted by Gasteiger charge is -2.27.